The van der Waals surface area contributed by atoms with Crippen LogP contribution in [0.2, 0.25) is 0 Å². The van der Waals surface area contributed by atoms with Gasteiger partial charge in [-0.15, -0.1) is 0 Å². The van der Waals surface area contributed by atoms with E-state index in [1.165, 1.54) is 4.57 Å². The molecule has 0 aliphatic carbocycles. The number of hydrogen-bond acceptors (Lipinski definition) is 4. The fourth-order valence-corrected chi connectivity index (χ4v) is 3.07. The summed E-state index contributed by atoms with van der Waals surface area (Å²) in [7, 11) is 1.60. The number of carbonyl (C=O) groups is 1. The van der Waals surface area contributed by atoms with Crippen LogP contribution in [0.15, 0.2) is 77.6 Å². The summed E-state index contributed by atoms with van der Waals surface area (Å²) in [6.07, 6.45) is 0. The maximum atomic E-state index is 12.6. The third-order valence-corrected chi connectivity index (χ3v) is 4.83. The molecule has 0 radical (unpaired) electrons. The first kappa shape index (κ1) is 18.6. The first-order valence-electron chi connectivity index (χ1n) is 8.89. The molecule has 6 nitrogen and oxygen atoms in total. The molecule has 1 aromatic heterocycles. The number of ether oxygens (including phenoxy) is 1. The zero-order valence-corrected chi connectivity index (χ0v) is 16.3. The summed E-state index contributed by atoms with van der Waals surface area (Å²) in [6.45, 7) is 0. The van der Waals surface area contributed by atoms with Gasteiger partial charge in [-0.05, 0) is 66.8 Å². The van der Waals surface area contributed by atoms with Gasteiger partial charge in [0.1, 0.15) is 11.5 Å². The molecule has 0 saturated carbocycles. The fraction of sp³-hybridized carbons (Fsp3) is 0.0455. The summed E-state index contributed by atoms with van der Waals surface area (Å²) in [6, 6.07) is 21.4. The van der Waals surface area contributed by atoms with Crippen LogP contribution in [-0.2, 0) is 7.05 Å². The third kappa shape index (κ3) is 3.95. The number of H-pyrrole nitrogens is 1. The number of aromatic nitrogens is 2. The predicted molar refractivity (Wildman–Crippen MR) is 115 cm³/mol. The van der Waals surface area contributed by atoms with Crippen LogP contribution in [0.1, 0.15) is 10.4 Å². The fourth-order valence-electron chi connectivity index (χ4n) is 2.88. The lowest BCUT2D eigenvalue weighted by Crippen LogP contribution is -2.19. The SMILES string of the molecule is Cn1c(=S)[nH]c2cc(C(=O)Nc3ccc(Oc4ccccc4)cc3)ccc2c1=O. The summed E-state index contributed by atoms with van der Waals surface area (Å²) in [5, 5.41) is 3.31. The van der Waals surface area contributed by atoms with Crippen LogP contribution in [0.5, 0.6) is 11.5 Å². The van der Waals surface area contributed by atoms with Gasteiger partial charge < -0.3 is 15.0 Å². The standard InChI is InChI=1S/C22H17N3O3S/c1-25-21(27)18-12-7-14(13-19(18)24-22(25)29)20(26)23-15-8-10-17(11-9-15)28-16-5-3-2-4-6-16/h2-13H,1H3,(H,23,26)(H,24,29). The number of nitrogens with one attached hydrogen (secondary N) is 2. The maximum Gasteiger partial charge on any atom is 0.261 e. The largest absolute Gasteiger partial charge is 0.457 e. The highest BCUT2D eigenvalue weighted by Gasteiger charge is 2.10. The van der Waals surface area contributed by atoms with Gasteiger partial charge in [0.25, 0.3) is 11.5 Å². The Labute approximate surface area is 171 Å². The topological polar surface area (TPSA) is 76.1 Å². The van der Waals surface area contributed by atoms with Gasteiger partial charge in [-0.25, -0.2) is 0 Å². The van der Waals surface area contributed by atoms with Crippen molar-refractivity contribution in [1.29, 1.82) is 0 Å². The second-order valence-electron chi connectivity index (χ2n) is 6.45. The Bertz CT molecular complexity index is 1310. The van der Waals surface area contributed by atoms with Gasteiger partial charge >= 0.3 is 0 Å². The first-order valence-corrected chi connectivity index (χ1v) is 9.29. The lowest BCUT2D eigenvalue weighted by molar-refractivity contribution is 0.102. The molecule has 1 heterocycles. The average Bonchev–Trinajstić information content (AvgIpc) is 2.74. The number of aromatic amines is 1. The quantitative estimate of drug-likeness (QED) is 0.487. The highest BCUT2D eigenvalue weighted by Crippen LogP contribution is 2.23. The molecule has 144 valence electrons. The molecule has 29 heavy (non-hydrogen) atoms. The highest BCUT2D eigenvalue weighted by atomic mass is 32.1. The normalized spacial score (nSPS) is 10.7. The Morgan fingerprint density at radius 1 is 1.00 bits per heavy atom. The molecule has 0 spiro atoms. The summed E-state index contributed by atoms with van der Waals surface area (Å²) in [4.78, 5) is 27.8. The summed E-state index contributed by atoms with van der Waals surface area (Å²) < 4.78 is 7.40. The minimum Gasteiger partial charge on any atom is -0.457 e. The van der Waals surface area contributed by atoms with Crippen molar-refractivity contribution in [3.05, 3.63) is 93.5 Å². The lowest BCUT2D eigenvalue weighted by Gasteiger charge is -2.09. The van der Waals surface area contributed by atoms with Gasteiger partial charge in [-0.2, -0.15) is 0 Å². The monoisotopic (exact) mass is 403 g/mol. The predicted octanol–water partition coefficient (Wildman–Crippen LogP) is 4.64. The number of rotatable bonds is 4. The molecule has 0 atom stereocenters. The van der Waals surface area contributed by atoms with E-state index in [-0.39, 0.29) is 11.5 Å². The van der Waals surface area contributed by atoms with E-state index in [0.29, 0.717) is 32.7 Å². The highest BCUT2D eigenvalue weighted by molar-refractivity contribution is 7.71. The van der Waals surface area contributed by atoms with Crippen molar-refractivity contribution in [2.75, 3.05) is 5.32 Å². The van der Waals surface area contributed by atoms with Crippen LogP contribution in [0.3, 0.4) is 0 Å². The molecular weight excluding hydrogens is 386 g/mol. The number of carbonyl (C=O) groups excluding carboxylic acids is 1. The van der Waals surface area contributed by atoms with Crippen molar-refractivity contribution in [3.63, 3.8) is 0 Å². The Balaban J connectivity index is 1.52. The molecule has 2 N–H and O–H groups in total. The zero-order valence-electron chi connectivity index (χ0n) is 15.5. The van der Waals surface area contributed by atoms with E-state index in [9.17, 15) is 9.59 Å². The van der Waals surface area contributed by atoms with Crippen LogP contribution >= 0.6 is 12.2 Å². The number of hydrogen-bond donors (Lipinski definition) is 2. The van der Waals surface area contributed by atoms with Crippen LogP contribution in [0, 0.1) is 4.77 Å². The Kier molecular flexibility index (Phi) is 4.97. The molecule has 7 heteroatoms. The van der Waals surface area contributed by atoms with Crippen LogP contribution in [0.25, 0.3) is 10.9 Å². The Morgan fingerprint density at radius 3 is 2.41 bits per heavy atom. The molecule has 0 fully saturated rings. The van der Waals surface area contributed by atoms with E-state index in [4.69, 9.17) is 17.0 Å². The van der Waals surface area contributed by atoms with Crippen molar-refractivity contribution in [2.24, 2.45) is 7.05 Å². The van der Waals surface area contributed by atoms with E-state index in [1.54, 1.807) is 49.5 Å². The number of nitrogens with zero attached hydrogens (tertiary/aromatic N) is 1. The van der Waals surface area contributed by atoms with Gasteiger partial charge in [0.2, 0.25) is 0 Å². The van der Waals surface area contributed by atoms with Crippen LogP contribution in [0.4, 0.5) is 5.69 Å². The number of amides is 1. The molecule has 4 aromatic rings. The van der Waals surface area contributed by atoms with E-state index >= 15 is 0 Å². The van der Waals surface area contributed by atoms with Crippen LogP contribution < -0.4 is 15.6 Å². The molecule has 0 bridgehead atoms. The molecular formula is C22H17N3O3S. The third-order valence-electron chi connectivity index (χ3n) is 4.45. The second-order valence-corrected chi connectivity index (χ2v) is 6.83. The number of para-hydroxylation sites is 1. The molecule has 3 aromatic carbocycles. The van der Waals surface area contributed by atoms with E-state index in [1.807, 2.05) is 30.3 Å². The zero-order chi connectivity index (χ0) is 20.4. The average molecular weight is 403 g/mol. The molecule has 1 amide bonds. The van der Waals surface area contributed by atoms with Crippen molar-refractivity contribution in [1.82, 2.24) is 9.55 Å². The van der Waals surface area contributed by atoms with Gasteiger partial charge in [0, 0.05) is 18.3 Å². The molecule has 0 aliphatic rings. The second kappa shape index (κ2) is 7.73. The number of benzene rings is 3. The van der Waals surface area contributed by atoms with Crippen LogP contribution in [-0.4, -0.2) is 15.5 Å². The van der Waals surface area contributed by atoms with Gasteiger partial charge in [-0.3, -0.25) is 14.2 Å². The maximum absolute atomic E-state index is 12.6. The minimum absolute atomic E-state index is 0.204. The lowest BCUT2D eigenvalue weighted by atomic mass is 10.1. The Morgan fingerprint density at radius 2 is 1.69 bits per heavy atom. The molecule has 0 aliphatic heterocycles. The minimum atomic E-state index is -0.288. The number of anilines is 1. The number of fused-ring (bicyclic) bond motifs is 1. The van der Waals surface area contributed by atoms with E-state index < -0.39 is 0 Å². The molecule has 4 rings (SSSR count). The van der Waals surface area contributed by atoms with E-state index in [2.05, 4.69) is 10.3 Å². The van der Waals surface area contributed by atoms with Gasteiger partial charge in [0.15, 0.2) is 4.77 Å². The van der Waals surface area contributed by atoms with Crippen molar-refractivity contribution in [2.45, 2.75) is 0 Å². The summed E-state index contributed by atoms with van der Waals surface area (Å²) >= 11 is 5.14. The summed E-state index contributed by atoms with van der Waals surface area (Å²) in [5.41, 5.74) is 1.37. The van der Waals surface area contributed by atoms with Crippen molar-refractivity contribution >= 4 is 34.7 Å². The van der Waals surface area contributed by atoms with Gasteiger partial charge in [0.05, 0.1) is 10.9 Å². The van der Waals surface area contributed by atoms with E-state index in [0.717, 1.165) is 5.75 Å². The molecule has 0 unspecified atom stereocenters. The smallest absolute Gasteiger partial charge is 0.261 e. The van der Waals surface area contributed by atoms with Gasteiger partial charge in [-0.1, -0.05) is 18.2 Å². The summed E-state index contributed by atoms with van der Waals surface area (Å²) in [5.74, 6) is 1.12. The Hall–Kier alpha value is -3.71. The molecule has 0 saturated heterocycles. The first-order chi connectivity index (χ1) is 14.0. The van der Waals surface area contributed by atoms with Crippen molar-refractivity contribution < 1.29 is 9.53 Å². The van der Waals surface area contributed by atoms with Crippen molar-refractivity contribution in [3.8, 4) is 11.5 Å².